The lowest BCUT2D eigenvalue weighted by molar-refractivity contribution is -0.0679. The van der Waals surface area contributed by atoms with E-state index in [0.717, 1.165) is 45.1 Å². The first-order chi connectivity index (χ1) is 11.6. The van der Waals surface area contributed by atoms with Crippen LogP contribution in [0.1, 0.15) is 31.4 Å². The van der Waals surface area contributed by atoms with Crippen LogP contribution < -0.4 is 10.6 Å². The maximum atomic E-state index is 5.78. The van der Waals surface area contributed by atoms with Crippen LogP contribution >= 0.6 is 0 Å². The molecule has 2 unspecified atom stereocenters. The Morgan fingerprint density at radius 2 is 1.92 bits per heavy atom. The third kappa shape index (κ3) is 6.13. The molecule has 5 nitrogen and oxygen atoms in total. The second kappa shape index (κ2) is 9.64. The van der Waals surface area contributed by atoms with Crippen molar-refractivity contribution in [2.75, 3.05) is 33.2 Å². The van der Waals surface area contributed by atoms with Crippen molar-refractivity contribution >= 4 is 5.96 Å². The largest absolute Gasteiger partial charge is 0.373 e. The van der Waals surface area contributed by atoms with Gasteiger partial charge in [0.25, 0.3) is 0 Å². The summed E-state index contributed by atoms with van der Waals surface area (Å²) in [6.07, 6.45) is 1.78. The summed E-state index contributed by atoms with van der Waals surface area (Å²) in [6, 6.07) is 8.43. The Bertz CT molecular complexity index is 522. The lowest BCUT2D eigenvalue weighted by Gasteiger charge is -2.35. The number of hydrogen-bond acceptors (Lipinski definition) is 3. The molecule has 2 rings (SSSR count). The van der Waals surface area contributed by atoms with Crippen molar-refractivity contribution in [2.45, 2.75) is 45.9 Å². The number of nitrogens with zero attached hydrogens (tertiary/aromatic N) is 2. The number of benzene rings is 1. The molecule has 1 aromatic carbocycles. The summed E-state index contributed by atoms with van der Waals surface area (Å²) in [5.74, 6) is 0.863. The predicted molar refractivity (Wildman–Crippen MR) is 100 cm³/mol. The third-order valence-electron chi connectivity index (χ3n) is 4.37. The Labute approximate surface area is 146 Å². The van der Waals surface area contributed by atoms with E-state index in [1.807, 2.05) is 7.05 Å². The number of rotatable bonds is 6. The summed E-state index contributed by atoms with van der Waals surface area (Å²) in [6.45, 7) is 11.3. The van der Waals surface area contributed by atoms with E-state index >= 15 is 0 Å². The van der Waals surface area contributed by atoms with Gasteiger partial charge in [-0.2, -0.15) is 0 Å². The monoisotopic (exact) mass is 332 g/mol. The molecule has 2 N–H and O–H groups in total. The molecule has 0 aromatic heterocycles. The van der Waals surface area contributed by atoms with Crippen LogP contribution in [-0.2, 0) is 11.3 Å². The van der Waals surface area contributed by atoms with Gasteiger partial charge in [-0.25, -0.2) is 0 Å². The fourth-order valence-electron chi connectivity index (χ4n) is 3.18. The lowest BCUT2D eigenvalue weighted by Crippen LogP contribution is -2.46. The average molecular weight is 332 g/mol. The van der Waals surface area contributed by atoms with Crippen LogP contribution in [0.15, 0.2) is 29.3 Å². The Hall–Kier alpha value is -1.59. The zero-order valence-electron chi connectivity index (χ0n) is 15.5. The van der Waals surface area contributed by atoms with Gasteiger partial charge >= 0.3 is 0 Å². The van der Waals surface area contributed by atoms with Gasteiger partial charge in [0.2, 0.25) is 0 Å². The van der Waals surface area contributed by atoms with Crippen LogP contribution in [0.3, 0.4) is 0 Å². The summed E-state index contributed by atoms with van der Waals surface area (Å²) < 4.78 is 5.78. The highest BCUT2D eigenvalue weighted by Gasteiger charge is 2.21. The molecule has 0 amide bonds. The molecular weight excluding hydrogens is 300 g/mol. The molecule has 134 valence electrons. The Morgan fingerprint density at radius 3 is 2.58 bits per heavy atom. The molecule has 1 aliphatic heterocycles. The Balaban J connectivity index is 1.66. The molecule has 1 fully saturated rings. The first kappa shape index (κ1) is 18.7. The number of ether oxygens (including phenoxy) is 1. The fraction of sp³-hybridized carbons (Fsp3) is 0.632. The van der Waals surface area contributed by atoms with E-state index in [1.54, 1.807) is 0 Å². The van der Waals surface area contributed by atoms with Gasteiger partial charge in [-0.1, -0.05) is 24.3 Å². The van der Waals surface area contributed by atoms with Crippen LogP contribution in [-0.4, -0.2) is 56.3 Å². The maximum absolute atomic E-state index is 5.78. The molecule has 5 heteroatoms. The first-order valence-corrected chi connectivity index (χ1v) is 8.95. The Morgan fingerprint density at radius 1 is 1.21 bits per heavy atom. The van der Waals surface area contributed by atoms with Crippen molar-refractivity contribution in [3.63, 3.8) is 0 Å². The smallest absolute Gasteiger partial charge is 0.191 e. The summed E-state index contributed by atoms with van der Waals surface area (Å²) >= 11 is 0. The van der Waals surface area contributed by atoms with E-state index in [2.05, 4.69) is 65.6 Å². The SMILES string of the molecule is CN=C(NCCCN1CC(C)OC(C)C1)NCc1ccccc1C. The number of aryl methyl sites for hydroxylation is 1. The minimum absolute atomic E-state index is 0.338. The molecule has 1 saturated heterocycles. The van der Waals surface area contributed by atoms with Crippen molar-refractivity contribution in [1.82, 2.24) is 15.5 Å². The minimum atomic E-state index is 0.338. The van der Waals surface area contributed by atoms with E-state index in [9.17, 15) is 0 Å². The van der Waals surface area contributed by atoms with E-state index in [-0.39, 0.29) is 0 Å². The second-order valence-corrected chi connectivity index (χ2v) is 6.65. The highest BCUT2D eigenvalue weighted by molar-refractivity contribution is 5.79. The van der Waals surface area contributed by atoms with Gasteiger partial charge in [0.05, 0.1) is 12.2 Å². The number of aliphatic imine (C=N–C) groups is 1. The van der Waals surface area contributed by atoms with Crippen molar-refractivity contribution in [2.24, 2.45) is 4.99 Å². The van der Waals surface area contributed by atoms with Gasteiger partial charge in [0.1, 0.15) is 0 Å². The minimum Gasteiger partial charge on any atom is -0.373 e. The van der Waals surface area contributed by atoms with Crippen molar-refractivity contribution in [3.8, 4) is 0 Å². The molecule has 24 heavy (non-hydrogen) atoms. The molecule has 0 saturated carbocycles. The molecule has 0 spiro atoms. The lowest BCUT2D eigenvalue weighted by atomic mass is 10.1. The van der Waals surface area contributed by atoms with Crippen molar-refractivity contribution in [3.05, 3.63) is 35.4 Å². The summed E-state index contributed by atoms with van der Waals surface area (Å²) in [5, 5.41) is 6.79. The van der Waals surface area contributed by atoms with Crippen LogP contribution in [0.4, 0.5) is 0 Å². The highest BCUT2D eigenvalue weighted by Crippen LogP contribution is 2.10. The van der Waals surface area contributed by atoms with E-state index in [4.69, 9.17) is 4.74 Å². The van der Waals surface area contributed by atoms with Gasteiger partial charge in [0.15, 0.2) is 5.96 Å². The van der Waals surface area contributed by atoms with Crippen molar-refractivity contribution in [1.29, 1.82) is 0 Å². The van der Waals surface area contributed by atoms with Gasteiger partial charge < -0.3 is 15.4 Å². The zero-order chi connectivity index (χ0) is 17.4. The van der Waals surface area contributed by atoms with E-state index in [1.165, 1.54) is 11.1 Å². The summed E-state index contributed by atoms with van der Waals surface area (Å²) in [7, 11) is 1.82. The second-order valence-electron chi connectivity index (χ2n) is 6.65. The number of morpholine rings is 1. The standard InChI is InChI=1S/C19H32N4O/c1-15-8-5-6-9-18(15)12-22-19(20-4)21-10-7-11-23-13-16(2)24-17(3)14-23/h5-6,8-9,16-17H,7,10-14H2,1-4H3,(H2,20,21,22). The van der Waals surface area contributed by atoms with E-state index in [0.29, 0.717) is 12.2 Å². The average Bonchev–Trinajstić information content (AvgIpc) is 2.54. The highest BCUT2D eigenvalue weighted by atomic mass is 16.5. The zero-order valence-corrected chi connectivity index (χ0v) is 15.5. The molecule has 1 aromatic rings. The summed E-state index contributed by atoms with van der Waals surface area (Å²) in [5.41, 5.74) is 2.60. The molecule has 0 radical (unpaired) electrons. The van der Waals surface area contributed by atoms with E-state index < -0.39 is 0 Å². The maximum Gasteiger partial charge on any atom is 0.191 e. The van der Waals surface area contributed by atoms with Gasteiger partial charge in [0, 0.05) is 39.8 Å². The quantitative estimate of drug-likeness (QED) is 0.476. The number of guanidine groups is 1. The van der Waals surface area contributed by atoms with Gasteiger partial charge in [-0.3, -0.25) is 9.89 Å². The summed E-state index contributed by atoms with van der Waals surface area (Å²) in [4.78, 5) is 6.79. The normalized spacial score (nSPS) is 22.4. The molecule has 2 atom stereocenters. The number of hydrogen-bond donors (Lipinski definition) is 2. The van der Waals surface area contributed by atoms with Gasteiger partial charge in [-0.15, -0.1) is 0 Å². The van der Waals surface area contributed by atoms with Crippen molar-refractivity contribution < 1.29 is 4.74 Å². The van der Waals surface area contributed by atoms with Crippen LogP contribution in [0, 0.1) is 6.92 Å². The Kier molecular flexibility index (Phi) is 7.53. The van der Waals surface area contributed by atoms with Crippen LogP contribution in [0.2, 0.25) is 0 Å². The fourth-order valence-corrected chi connectivity index (χ4v) is 3.18. The molecular formula is C19H32N4O. The van der Waals surface area contributed by atoms with Crippen LogP contribution in [0.25, 0.3) is 0 Å². The van der Waals surface area contributed by atoms with Gasteiger partial charge in [-0.05, 0) is 38.3 Å². The third-order valence-corrected chi connectivity index (χ3v) is 4.37. The molecule has 1 aliphatic rings. The topological polar surface area (TPSA) is 48.9 Å². The first-order valence-electron chi connectivity index (χ1n) is 8.95. The molecule has 0 bridgehead atoms. The number of nitrogens with one attached hydrogen (secondary N) is 2. The molecule has 1 heterocycles. The van der Waals surface area contributed by atoms with Crippen LogP contribution in [0.5, 0.6) is 0 Å². The molecule has 0 aliphatic carbocycles. The predicted octanol–water partition coefficient (Wildman–Crippen LogP) is 2.16.